The van der Waals surface area contributed by atoms with E-state index >= 15 is 0 Å². The van der Waals surface area contributed by atoms with Crippen molar-refractivity contribution in [2.45, 2.75) is 39.5 Å². The molecule has 106 valence electrons. The molecule has 18 heavy (non-hydrogen) atoms. The van der Waals surface area contributed by atoms with Crippen molar-refractivity contribution < 1.29 is 4.74 Å². The fourth-order valence-electron chi connectivity index (χ4n) is 3.53. The molecule has 0 aromatic rings. The summed E-state index contributed by atoms with van der Waals surface area (Å²) in [6.07, 6.45) is 5.39. The quantitative estimate of drug-likeness (QED) is 0.753. The second kappa shape index (κ2) is 6.88. The van der Waals surface area contributed by atoms with Gasteiger partial charge in [-0.25, -0.2) is 0 Å². The van der Waals surface area contributed by atoms with Crippen LogP contribution in [0.2, 0.25) is 0 Å². The molecule has 2 rings (SSSR count). The summed E-state index contributed by atoms with van der Waals surface area (Å²) in [6.45, 7) is 12.5. The van der Waals surface area contributed by atoms with Crippen molar-refractivity contribution in [3.63, 3.8) is 0 Å². The maximum absolute atomic E-state index is 5.68. The van der Waals surface area contributed by atoms with Gasteiger partial charge in [0.2, 0.25) is 0 Å². The highest BCUT2D eigenvalue weighted by atomic mass is 16.5. The number of hydrogen-bond donors (Lipinski definition) is 1. The summed E-state index contributed by atoms with van der Waals surface area (Å²) in [5.74, 6) is 0.952. The Balaban J connectivity index is 1.82. The SMILES string of the molecule is CCCC1CCN(CC2(CNCC)CCOC2)C1. The summed E-state index contributed by atoms with van der Waals surface area (Å²) in [5.41, 5.74) is 0.386. The van der Waals surface area contributed by atoms with Gasteiger partial charge in [0.05, 0.1) is 6.61 Å². The average Bonchev–Trinajstić information content (AvgIpc) is 2.98. The minimum atomic E-state index is 0.386. The van der Waals surface area contributed by atoms with Gasteiger partial charge in [0.25, 0.3) is 0 Å². The lowest BCUT2D eigenvalue weighted by atomic mass is 9.86. The van der Waals surface area contributed by atoms with Gasteiger partial charge in [-0.05, 0) is 38.3 Å². The summed E-state index contributed by atoms with van der Waals surface area (Å²) in [5, 5.41) is 3.53. The molecule has 2 unspecified atom stereocenters. The maximum Gasteiger partial charge on any atom is 0.0547 e. The fraction of sp³-hybridized carbons (Fsp3) is 1.00. The van der Waals surface area contributed by atoms with Gasteiger partial charge in [0.1, 0.15) is 0 Å². The lowest BCUT2D eigenvalue weighted by Crippen LogP contribution is -2.44. The normalized spacial score (nSPS) is 33.3. The molecule has 0 amide bonds. The minimum absolute atomic E-state index is 0.386. The molecule has 0 aliphatic carbocycles. The predicted molar refractivity (Wildman–Crippen MR) is 75.9 cm³/mol. The predicted octanol–water partition coefficient (Wildman–Crippen LogP) is 2.12. The summed E-state index contributed by atoms with van der Waals surface area (Å²) < 4.78 is 5.68. The van der Waals surface area contributed by atoms with Gasteiger partial charge in [-0.3, -0.25) is 0 Å². The molecule has 0 spiro atoms. The summed E-state index contributed by atoms with van der Waals surface area (Å²) in [6, 6.07) is 0. The van der Waals surface area contributed by atoms with Crippen molar-refractivity contribution in [1.29, 1.82) is 0 Å². The molecule has 0 bridgehead atoms. The first-order valence-electron chi connectivity index (χ1n) is 7.79. The maximum atomic E-state index is 5.68. The Labute approximate surface area is 112 Å². The first kappa shape index (κ1) is 14.3. The molecular formula is C15H30N2O. The highest BCUT2D eigenvalue weighted by molar-refractivity contribution is 4.90. The Morgan fingerprint density at radius 2 is 2.28 bits per heavy atom. The van der Waals surface area contributed by atoms with Crippen LogP contribution in [-0.2, 0) is 4.74 Å². The molecule has 3 heteroatoms. The van der Waals surface area contributed by atoms with Crippen LogP contribution in [0.25, 0.3) is 0 Å². The highest BCUT2D eigenvalue weighted by Gasteiger charge is 2.37. The number of rotatable bonds is 7. The largest absolute Gasteiger partial charge is 0.381 e. The van der Waals surface area contributed by atoms with E-state index in [0.29, 0.717) is 5.41 Å². The molecule has 0 radical (unpaired) electrons. The van der Waals surface area contributed by atoms with E-state index in [4.69, 9.17) is 4.74 Å². The Kier molecular flexibility index (Phi) is 5.46. The van der Waals surface area contributed by atoms with Crippen molar-refractivity contribution >= 4 is 0 Å². The molecule has 2 aliphatic rings. The number of hydrogen-bond acceptors (Lipinski definition) is 3. The minimum Gasteiger partial charge on any atom is -0.381 e. The van der Waals surface area contributed by atoms with Gasteiger partial charge in [0.15, 0.2) is 0 Å². The molecule has 2 aliphatic heterocycles. The molecule has 0 aromatic heterocycles. The summed E-state index contributed by atoms with van der Waals surface area (Å²) >= 11 is 0. The van der Waals surface area contributed by atoms with Crippen LogP contribution in [0.1, 0.15) is 39.5 Å². The topological polar surface area (TPSA) is 24.5 Å². The van der Waals surface area contributed by atoms with Gasteiger partial charge >= 0.3 is 0 Å². The van der Waals surface area contributed by atoms with Crippen molar-refractivity contribution in [1.82, 2.24) is 10.2 Å². The third kappa shape index (κ3) is 3.69. The molecule has 0 saturated carbocycles. The third-order valence-corrected chi connectivity index (χ3v) is 4.56. The summed E-state index contributed by atoms with van der Waals surface area (Å²) in [4.78, 5) is 2.69. The zero-order chi connectivity index (χ0) is 12.8. The van der Waals surface area contributed by atoms with E-state index in [0.717, 1.165) is 32.2 Å². The zero-order valence-corrected chi connectivity index (χ0v) is 12.2. The van der Waals surface area contributed by atoms with Crippen LogP contribution in [-0.4, -0.2) is 50.8 Å². The first-order valence-corrected chi connectivity index (χ1v) is 7.79. The smallest absolute Gasteiger partial charge is 0.0547 e. The number of ether oxygens (including phenoxy) is 1. The molecule has 0 aromatic carbocycles. The van der Waals surface area contributed by atoms with E-state index in [1.165, 1.54) is 45.3 Å². The van der Waals surface area contributed by atoms with Crippen LogP contribution in [0.4, 0.5) is 0 Å². The van der Waals surface area contributed by atoms with E-state index < -0.39 is 0 Å². The van der Waals surface area contributed by atoms with Crippen LogP contribution in [0.3, 0.4) is 0 Å². The number of nitrogens with one attached hydrogen (secondary N) is 1. The van der Waals surface area contributed by atoms with Gasteiger partial charge < -0.3 is 15.0 Å². The van der Waals surface area contributed by atoms with E-state index in [2.05, 4.69) is 24.1 Å². The van der Waals surface area contributed by atoms with Gasteiger partial charge in [-0.2, -0.15) is 0 Å². The van der Waals surface area contributed by atoms with Crippen molar-refractivity contribution in [2.24, 2.45) is 11.3 Å². The second-order valence-electron chi connectivity index (χ2n) is 6.26. The zero-order valence-electron chi connectivity index (χ0n) is 12.2. The Hall–Kier alpha value is -0.120. The van der Waals surface area contributed by atoms with Gasteiger partial charge in [-0.1, -0.05) is 20.3 Å². The molecule has 3 nitrogen and oxygen atoms in total. The van der Waals surface area contributed by atoms with Crippen molar-refractivity contribution in [3.05, 3.63) is 0 Å². The lowest BCUT2D eigenvalue weighted by Gasteiger charge is -2.32. The first-order chi connectivity index (χ1) is 8.78. The average molecular weight is 254 g/mol. The van der Waals surface area contributed by atoms with Crippen LogP contribution < -0.4 is 5.32 Å². The standard InChI is InChI=1S/C15H30N2O/c1-3-5-14-6-8-17(10-14)12-15(11-16-4-2)7-9-18-13-15/h14,16H,3-13H2,1-2H3. The highest BCUT2D eigenvalue weighted by Crippen LogP contribution is 2.31. The van der Waals surface area contributed by atoms with Crippen LogP contribution in [0.5, 0.6) is 0 Å². The Morgan fingerprint density at radius 1 is 1.39 bits per heavy atom. The van der Waals surface area contributed by atoms with E-state index in [1.54, 1.807) is 0 Å². The molecular weight excluding hydrogens is 224 g/mol. The molecule has 1 N–H and O–H groups in total. The number of likely N-dealkylation sites (tertiary alicyclic amines) is 1. The van der Waals surface area contributed by atoms with Gasteiger partial charge in [0, 0.05) is 31.7 Å². The molecule has 2 heterocycles. The third-order valence-electron chi connectivity index (χ3n) is 4.56. The van der Waals surface area contributed by atoms with Crippen LogP contribution in [0, 0.1) is 11.3 Å². The molecule has 2 fully saturated rings. The second-order valence-corrected chi connectivity index (χ2v) is 6.26. The fourth-order valence-corrected chi connectivity index (χ4v) is 3.53. The molecule has 2 atom stereocenters. The van der Waals surface area contributed by atoms with Crippen LogP contribution >= 0.6 is 0 Å². The summed E-state index contributed by atoms with van der Waals surface area (Å²) in [7, 11) is 0. The van der Waals surface area contributed by atoms with Crippen molar-refractivity contribution in [3.8, 4) is 0 Å². The molecule has 2 saturated heterocycles. The van der Waals surface area contributed by atoms with Gasteiger partial charge in [-0.15, -0.1) is 0 Å². The number of nitrogens with zero attached hydrogens (tertiary/aromatic N) is 1. The Bertz CT molecular complexity index is 239. The lowest BCUT2D eigenvalue weighted by molar-refractivity contribution is 0.117. The van der Waals surface area contributed by atoms with E-state index in [1.807, 2.05) is 0 Å². The van der Waals surface area contributed by atoms with Crippen molar-refractivity contribution in [2.75, 3.05) is 45.9 Å². The monoisotopic (exact) mass is 254 g/mol. The van der Waals surface area contributed by atoms with Crippen LogP contribution in [0.15, 0.2) is 0 Å². The van der Waals surface area contributed by atoms with E-state index in [9.17, 15) is 0 Å². The Morgan fingerprint density at radius 3 is 2.94 bits per heavy atom. The van der Waals surface area contributed by atoms with E-state index in [-0.39, 0.29) is 0 Å².